The van der Waals surface area contributed by atoms with Gasteiger partial charge in [0.15, 0.2) is 17.5 Å². The number of carbonyl (C=O) groups is 1. The normalized spacial score (nSPS) is 15.4. The first-order chi connectivity index (χ1) is 10.5. The minimum atomic E-state index is -1.62. The fraction of sp³-hybridized carbons (Fsp3) is 0.533. The van der Waals surface area contributed by atoms with Crippen molar-refractivity contribution < 1.29 is 22.7 Å². The average molecular weight is 353 g/mol. The number of hydrogen-bond acceptors (Lipinski definition) is 3. The smallest absolute Gasteiger partial charge is 0.256 e. The Labute approximate surface area is 139 Å². The molecular weight excluding hydrogens is 333 g/mol. The summed E-state index contributed by atoms with van der Waals surface area (Å²) in [7, 11) is 0. The molecular formula is C15H20ClF3N2O2. The van der Waals surface area contributed by atoms with Gasteiger partial charge in [0.05, 0.1) is 11.7 Å². The van der Waals surface area contributed by atoms with Gasteiger partial charge in [-0.05, 0) is 37.9 Å². The molecule has 0 unspecified atom stereocenters. The Morgan fingerprint density at radius 1 is 1.22 bits per heavy atom. The highest BCUT2D eigenvalue weighted by Gasteiger charge is 2.27. The predicted octanol–water partition coefficient (Wildman–Crippen LogP) is 2.50. The van der Waals surface area contributed by atoms with Crippen molar-refractivity contribution in [2.75, 3.05) is 26.2 Å². The van der Waals surface area contributed by atoms with Crippen LogP contribution in [0.15, 0.2) is 12.1 Å². The van der Waals surface area contributed by atoms with Crippen LogP contribution in [-0.2, 0) is 4.74 Å². The van der Waals surface area contributed by atoms with Crippen LogP contribution in [0.1, 0.15) is 29.6 Å². The zero-order chi connectivity index (χ0) is 16.1. The van der Waals surface area contributed by atoms with Gasteiger partial charge in [-0.1, -0.05) is 0 Å². The standard InChI is InChI=1S/C15H19F3N2O2.ClH/c16-12-3-2-11(13(17)14(12)18)15(21)20-7-4-10(5-8-20)22-9-1-6-19;/h2-3,10H,1,4-9,19H2;1H. The van der Waals surface area contributed by atoms with Crippen LogP contribution in [0.25, 0.3) is 0 Å². The Bertz CT molecular complexity index is 538. The van der Waals surface area contributed by atoms with E-state index in [0.29, 0.717) is 39.1 Å². The summed E-state index contributed by atoms with van der Waals surface area (Å²) in [6.45, 7) is 1.93. The molecule has 1 saturated heterocycles. The van der Waals surface area contributed by atoms with Crippen LogP contribution >= 0.6 is 12.4 Å². The van der Waals surface area contributed by atoms with Gasteiger partial charge >= 0.3 is 0 Å². The van der Waals surface area contributed by atoms with Crippen molar-refractivity contribution in [1.82, 2.24) is 4.90 Å². The van der Waals surface area contributed by atoms with Crippen LogP contribution < -0.4 is 5.73 Å². The molecule has 8 heteroatoms. The summed E-state index contributed by atoms with van der Waals surface area (Å²) < 4.78 is 45.4. The van der Waals surface area contributed by atoms with Gasteiger partial charge < -0.3 is 15.4 Å². The first-order valence-electron chi connectivity index (χ1n) is 7.29. The molecule has 1 fully saturated rings. The first kappa shape index (κ1) is 19.7. The highest BCUT2D eigenvalue weighted by molar-refractivity contribution is 5.94. The van der Waals surface area contributed by atoms with Crippen molar-refractivity contribution in [3.63, 3.8) is 0 Å². The number of halogens is 4. The molecule has 1 aromatic carbocycles. The lowest BCUT2D eigenvalue weighted by atomic mass is 10.1. The summed E-state index contributed by atoms with van der Waals surface area (Å²) in [5, 5.41) is 0. The molecule has 23 heavy (non-hydrogen) atoms. The molecule has 0 atom stereocenters. The highest BCUT2D eigenvalue weighted by atomic mass is 35.5. The predicted molar refractivity (Wildman–Crippen MR) is 82.1 cm³/mol. The van der Waals surface area contributed by atoms with Gasteiger partial charge in [0.1, 0.15) is 0 Å². The minimum Gasteiger partial charge on any atom is -0.378 e. The maximum Gasteiger partial charge on any atom is 0.256 e. The maximum atomic E-state index is 13.7. The topological polar surface area (TPSA) is 55.6 Å². The van der Waals surface area contributed by atoms with Gasteiger partial charge in [-0.3, -0.25) is 4.79 Å². The van der Waals surface area contributed by atoms with Crippen LogP contribution in [0, 0.1) is 17.5 Å². The molecule has 4 nitrogen and oxygen atoms in total. The number of likely N-dealkylation sites (tertiary alicyclic amines) is 1. The van der Waals surface area contributed by atoms with Crippen LogP contribution in [0.5, 0.6) is 0 Å². The van der Waals surface area contributed by atoms with E-state index in [-0.39, 0.29) is 18.5 Å². The quantitative estimate of drug-likeness (QED) is 0.654. The molecule has 1 amide bonds. The van der Waals surface area contributed by atoms with E-state index in [0.717, 1.165) is 18.6 Å². The third-order valence-electron chi connectivity index (χ3n) is 3.70. The summed E-state index contributed by atoms with van der Waals surface area (Å²) in [5.41, 5.74) is 4.94. The van der Waals surface area contributed by atoms with Crippen LogP contribution in [0.3, 0.4) is 0 Å². The number of rotatable bonds is 5. The Balaban J connectivity index is 0.00000264. The first-order valence-corrected chi connectivity index (χ1v) is 7.29. The Morgan fingerprint density at radius 2 is 1.87 bits per heavy atom. The third kappa shape index (κ3) is 4.83. The number of benzene rings is 1. The van der Waals surface area contributed by atoms with Gasteiger partial charge in [0.2, 0.25) is 0 Å². The Hall–Kier alpha value is -1.31. The summed E-state index contributed by atoms with van der Waals surface area (Å²) in [6, 6.07) is 1.73. The molecule has 1 aromatic rings. The molecule has 2 N–H and O–H groups in total. The number of amides is 1. The minimum absolute atomic E-state index is 0. The second-order valence-electron chi connectivity index (χ2n) is 5.23. The number of hydrogen-bond donors (Lipinski definition) is 1. The van der Waals surface area contributed by atoms with E-state index in [1.807, 2.05) is 0 Å². The number of ether oxygens (including phenoxy) is 1. The summed E-state index contributed by atoms with van der Waals surface area (Å²) in [4.78, 5) is 13.6. The zero-order valence-corrected chi connectivity index (χ0v) is 13.4. The Kier molecular flexibility index (Phi) is 7.81. The van der Waals surface area contributed by atoms with Crippen LogP contribution in [0.2, 0.25) is 0 Å². The maximum absolute atomic E-state index is 13.7. The SMILES string of the molecule is Cl.NCCCOC1CCN(C(=O)c2ccc(F)c(F)c2F)CC1. The molecule has 0 saturated carbocycles. The number of nitrogens with two attached hydrogens (primary N) is 1. The fourth-order valence-corrected chi connectivity index (χ4v) is 2.42. The molecule has 0 spiro atoms. The molecule has 0 radical (unpaired) electrons. The van der Waals surface area contributed by atoms with Crippen molar-refractivity contribution in [2.24, 2.45) is 5.73 Å². The third-order valence-corrected chi connectivity index (χ3v) is 3.70. The second-order valence-corrected chi connectivity index (χ2v) is 5.23. The van der Waals surface area contributed by atoms with Gasteiger partial charge in [-0.25, -0.2) is 13.2 Å². The molecule has 0 bridgehead atoms. The number of piperidine rings is 1. The molecule has 0 aromatic heterocycles. The van der Waals surface area contributed by atoms with E-state index in [2.05, 4.69) is 0 Å². The molecule has 2 rings (SSSR count). The molecule has 1 aliphatic heterocycles. The fourth-order valence-electron chi connectivity index (χ4n) is 2.42. The largest absolute Gasteiger partial charge is 0.378 e. The van der Waals surface area contributed by atoms with Gasteiger partial charge in [-0.15, -0.1) is 12.4 Å². The van der Waals surface area contributed by atoms with E-state index in [1.54, 1.807) is 0 Å². The van der Waals surface area contributed by atoms with E-state index >= 15 is 0 Å². The van der Waals surface area contributed by atoms with Crippen LogP contribution in [-0.4, -0.2) is 43.2 Å². The van der Waals surface area contributed by atoms with E-state index in [1.165, 1.54) is 4.90 Å². The molecule has 1 heterocycles. The average Bonchev–Trinajstić information content (AvgIpc) is 2.53. The molecule has 130 valence electrons. The van der Waals surface area contributed by atoms with Crippen molar-refractivity contribution >= 4 is 18.3 Å². The molecule has 1 aliphatic rings. The monoisotopic (exact) mass is 352 g/mol. The van der Waals surface area contributed by atoms with Gasteiger partial charge in [-0.2, -0.15) is 0 Å². The van der Waals surface area contributed by atoms with Gasteiger partial charge in [0, 0.05) is 19.7 Å². The van der Waals surface area contributed by atoms with Crippen molar-refractivity contribution in [3.05, 3.63) is 35.1 Å². The van der Waals surface area contributed by atoms with Crippen molar-refractivity contribution in [3.8, 4) is 0 Å². The van der Waals surface area contributed by atoms with E-state index in [4.69, 9.17) is 10.5 Å². The zero-order valence-electron chi connectivity index (χ0n) is 12.6. The summed E-state index contributed by atoms with van der Waals surface area (Å²) in [6.07, 6.45) is 2.08. The van der Waals surface area contributed by atoms with E-state index in [9.17, 15) is 18.0 Å². The van der Waals surface area contributed by atoms with E-state index < -0.39 is 28.9 Å². The molecule has 0 aliphatic carbocycles. The highest BCUT2D eigenvalue weighted by Crippen LogP contribution is 2.20. The number of nitrogens with zero attached hydrogens (tertiary/aromatic N) is 1. The summed E-state index contributed by atoms with van der Waals surface area (Å²) >= 11 is 0. The summed E-state index contributed by atoms with van der Waals surface area (Å²) in [5.74, 6) is -4.99. The number of carbonyl (C=O) groups excluding carboxylic acids is 1. The second kappa shape index (κ2) is 9.10. The van der Waals surface area contributed by atoms with Crippen molar-refractivity contribution in [2.45, 2.75) is 25.4 Å². The van der Waals surface area contributed by atoms with Crippen molar-refractivity contribution in [1.29, 1.82) is 0 Å². The Morgan fingerprint density at radius 3 is 2.48 bits per heavy atom. The lowest BCUT2D eigenvalue weighted by Crippen LogP contribution is -2.41. The van der Waals surface area contributed by atoms with Gasteiger partial charge in [0.25, 0.3) is 5.91 Å². The lowest BCUT2D eigenvalue weighted by molar-refractivity contribution is 0.00831. The lowest BCUT2D eigenvalue weighted by Gasteiger charge is -2.32. The van der Waals surface area contributed by atoms with Crippen LogP contribution in [0.4, 0.5) is 13.2 Å².